The Hall–Kier alpha value is -1.08. The van der Waals surface area contributed by atoms with E-state index in [1.807, 2.05) is 23.4 Å². The van der Waals surface area contributed by atoms with Crippen LogP contribution in [-0.4, -0.2) is 42.5 Å². The van der Waals surface area contributed by atoms with E-state index in [-0.39, 0.29) is 30.7 Å². The van der Waals surface area contributed by atoms with Crippen LogP contribution in [0, 0.1) is 5.92 Å². The maximum Gasteiger partial charge on any atom is 0.228 e. The highest BCUT2D eigenvalue weighted by molar-refractivity contribution is 7.13. The molecule has 0 bridgehead atoms. The number of amides is 1. The molecule has 0 unspecified atom stereocenters. The van der Waals surface area contributed by atoms with E-state index in [0.29, 0.717) is 6.42 Å². The molecule has 0 spiro atoms. The van der Waals surface area contributed by atoms with Crippen molar-refractivity contribution >= 4 is 42.1 Å². The number of carbonyl (C=O) groups excluding carboxylic acids is 1. The fourth-order valence-electron chi connectivity index (χ4n) is 2.99. The fraction of sp³-hybridized carbons (Fsp3) is 0.529. The lowest BCUT2D eigenvalue weighted by molar-refractivity contribution is -0.131. The first-order valence-electron chi connectivity index (χ1n) is 8.15. The molecule has 1 saturated heterocycles. The average molecular weight is 406 g/mol. The fourth-order valence-corrected chi connectivity index (χ4v) is 3.80. The topological polar surface area (TPSA) is 58.4 Å². The Labute approximate surface area is 165 Å². The summed E-state index contributed by atoms with van der Waals surface area (Å²) >= 11 is 1.56. The number of piperidine rings is 1. The van der Waals surface area contributed by atoms with Crippen molar-refractivity contribution in [2.45, 2.75) is 25.7 Å². The Morgan fingerprint density at radius 2 is 2.16 bits per heavy atom. The van der Waals surface area contributed by atoms with Gasteiger partial charge in [-0.2, -0.15) is 0 Å². The van der Waals surface area contributed by atoms with Crippen LogP contribution in [0.4, 0.5) is 0 Å². The Balaban J connectivity index is 0.00000156. The van der Waals surface area contributed by atoms with Crippen molar-refractivity contribution in [3.8, 4) is 10.6 Å². The SMILES string of the molecule is CNCCC1CCN(C(=O)Cc2csc(-c3ccoc3)n2)CC1.Cl.Cl. The van der Waals surface area contributed by atoms with E-state index in [2.05, 4.69) is 10.3 Å². The maximum atomic E-state index is 12.4. The van der Waals surface area contributed by atoms with Gasteiger partial charge in [0, 0.05) is 24.0 Å². The van der Waals surface area contributed by atoms with Crippen molar-refractivity contribution < 1.29 is 9.21 Å². The van der Waals surface area contributed by atoms with Gasteiger partial charge in [0.25, 0.3) is 0 Å². The summed E-state index contributed by atoms with van der Waals surface area (Å²) in [5.74, 6) is 0.944. The summed E-state index contributed by atoms with van der Waals surface area (Å²) in [6, 6.07) is 1.89. The van der Waals surface area contributed by atoms with Crippen LogP contribution < -0.4 is 5.32 Å². The lowest BCUT2D eigenvalue weighted by Gasteiger charge is -2.32. The molecule has 3 heterocycles. The van der Waals surface area contributed by atoms with Gasteiger partial charge in [0.1, 0.15) is 11.3 Å². The summed E-state index contributed by atoms with van der Waals surface area (Å²) in [5.41, 5.74) is 1.83. The van der Waals surface area contributed by atoms with Gasteiger partial charge in [0.15, 0.2) is 0 Å². The second-order valence-electron chi connectivity index (χ2n) is 6.05. The smallest absolute Gasteiger partial charge is 0.228 e. The zero-order chi connectivity index (χ0) is 16.1. The molecule has 2 aromatic heterocycles. The van der Waals surface area contributed by atoms with Gasteiger partial charge in [-0.05, 0) is 44.8 Å². The van der Waals surface area contributed by atoms with Gasteiger partial charge in [-0.25, -0.2) is 4.98 Å². The van der Waals surface area contributed by atoms with Crippen molar-refractivity contribution in [1.29, 1.82) is 0 Å². The first kappa shape index (κ1) is 22.0. The molecule has 140 valence electrons. The second kappa shape index (κ2) is 10.8. The van der Waals surface area contributed by atoms with Gasteiger partial charge in [0.05, 0.1) is 18.4 Å². The van der Waals surface area contributed by atoms with Crippen molar-refractivity contribution in [1.82, 2.24) is 15.2 Å². The van der Waals surface area contributed by atoms with Crippen molar-refractivity contribution in [2.24, 2.45) is 5.92 Å². The average Bonchev–Trinajstić information content (AvgIpc) is 3.24. The molecule has 0 aromatic carbocycles. The van der Waals surface area contributed by atoms with Gasteiger partial charge in [-0.1, -0.05) is 0 Å². The summed E-state index contributed by atoms with van der Waals surface area (Å²) in [5, 5.41) is 6.08. The Kier molecular flexibility index (Phi) is 9.50. The van der Waals surface area contributed by atoms with Crippen molar-refractivity contribution in [3.63, 3.8) is 0 Å². The van der Waals surface area contributed by atoms with Gasteiger partial charge in [-0.3, -0.25) is 4.79 Å². The van der Waals surface area contributed by atoms with Crippen LogP contribution in [0.5, 0.6) is 0 Å². The van der Waals surface area contributed by atoms with Gasteiger partial charge in [-0.15, -0.1) is 36.2 Å². The van der Waals surface area contributed by atoms with Crippen LogP contribution in [0.1, 0.15) is 25.0 Å². The van der Waals surface area contributed by atoms with E-state index in [0.717, 1.165) is 54.7 Å². The molecular formula is C17H25Cl2N3O2S. The molecule has 25 heavy (non-hydrogen) atoms. The molecule has 3 rings (SSSR count). The van der Waals surface area contributed by atoms with E-state index in [9.17, 15) is 4.79 Å². The van der Waals surface area contributed by atoms with E-state index in [4.69, 9.17) is 4.42 Å². The minimum Gasteiger partial charge on any atom is -0.472 e. The maximum absolute atomic E-state index is 12.4. The first-order valence-corrected chi connectivity index (χ1v) is 9.03. The van der Waals surface area contributed by atoms with Crippen molar-refractivity contribution in [2.75, 3.05) is 26.7 Å². The summed E-state index contributed by atoms with van der Waals surface area (Å²) in [6.07, 6.45) is 7.16. The van der Waals surface area contributed by atoms with Gasteiger partial charge in [0.2, 0.25) is 5.91 Å². The lowest BCUT2D eigenvalue weighted by Crippen LogP contribution is -2.39. The molecule has 0 saturated carbocycles. The Morgan fingerprint density at radius 3 is 2.80 bits per heavy atom. The predicted octanol–water partition coefficient (Wildman–Crippen LogP) is 3.64. The number of hydrogen-bond acceptors (Lipinski definition) is 5. The van der Waals surface area contributed by atoms with Gasteiger partial charge < -0.3 is 14.6 Å². The standard InChI is InChI=1S/C17H23N3O2S.2ClH/c1-18-6-2-13-3-7-20(8-4-13)16(21)10-15-12-23-17(19-15)14-5-9-22-11-14;;/h5,9,11-13,18H,2-4,6-8,10H2,1H3;2*1H. The lowest BCUT2D eigenvalue weighted by atomic mass is 9.93. The number of halogens is 2. The van der Waals surface area contributed by atoms with Crippen LogP contribution in [0.3, 0.4) is 0 Å². The number of aromatic nitrogens is 1. The number of furan rings is 1. The summed E-state index contributed by atoms with van der Waals surface area (Å²) in [7, 11) is 1.99. The quantitative estimate of drug-likeness (QED) is 0.796. The number of nitrogens with one attached hydrogen (secondary N) is 1. The normalized spacial score (nSPS) is 14.7. The third kappa shape index (κ3) is 5.99. The van der Waals surface area contributed by atoms with Gasteiger partial charge >= 0.3 is 0 Å². The number of hydrogen-bond donors (Lipinski definition) is 1. The van der Waals surface area contributed by atoms with E-state index in [1.165, 1.54) is 6.42 Å². The summed E-state index contributed by atoms with van der Waals surface area (Å²) in [6.45, 7) is 2.83. The molecule has 1 aliphatic rings. The highest BCUT2D eigenvalue weighted by Crippen LogP contribution is 2.25. The minimum atomic E-state index is 0. The molecule has 0 aliphatic carbocycles. The number of nitrogens with zero attached hydrogens (tertiary/aromatic N) is 2. The summed E-state index contributed by atoms with van der Waals surface area (Å²) in [4.78, 5) is 19.0. The number of thiazole rings is 1. The second-order valence-corrected chi connectivity index (χ2v) is 6.91. The molecule has 1 fully saturated rings. The first-order chi connectivity index (χ1) is 11.3. The highest BCUT2D eigenvalue weighted by Gasteiger charge is 2.23. The zero-order valence-corrected chi connectivity index (χ0v) is 16.7. The zero-order valence-electron chi connectivity index (χ0n) is 14.3. The molecule has 5 nitrogen and oxygen atoms in total. The number of carbonyl (C=O) groups is 1. The van der Waals surface area contributed by atoms with Crippen LogP contribution in [0.2, 0.25) is 0 Å². The molecular weight excluding hydrogens is 381 g/mol. The minimum absolute atomic E-state index is 0. The molecule has 2 aromatic rings. The molecule has 0 atom stereocenters. The predicted molar refractivity (Wildman–Crippen MR) is 106 cm³/mol. The molecule has 1 amide bonds. The molecule has 1 N–H and O–H groups in total. The Bertz CT molecular complexity index is 626. The number of likely N-dealkylation sites (tertiary alicyclic amines) is 1. The van der Waals surface area contributed by atoms with Crippen molar-refractivity contribution in [3.05, 3.63) is 29.7 Å². The van der Waals surface area contributed by atoms with E-state index >= 15 is 0 Å². The van der Waals surface area contributed by atoms with E-state index in [1.54, 1.807) is 23.9 Å². The summed E-state index contributed by atoms with van der Waals surface area (Å²) < 4.78 is 5.08. The number of rotatable bonds is 6. The highest BCUT2D eigenvalue weighted by atomic mass is 35.5. The van der Waals surface area contributed by atoms with Crippen LogP contribution in [-0.2, 0) is 11.2 Å². The molecule has 1 aliphatic heterocycles. The van der Waals surface area contributed by atoms with Crippen LogP contribution in [0.25, 0.3) is 10.6 Å². The molecule has 0 radical (unpaired) electrons. The third-order valence-electron chi connectivity index (χ3n) is 4.42. The van der Waals surface area contributed by atoms with E-state index < -0.39 is 0 Å². The molecule has 8 heteroatoms. The van der Waals surface area contributed by atoms with Crippen LogP contribution >= 0.6 is 36.2 Å². The Morgan fingerprint density at radius 1 is 1.40 bits per heavy atom. The van der Waals surface area contributed by atoms with Crippen LogP contribution in [0.15, 0.2) is 28.4 Å². The third-order valence-corrected chi connectivity index (χ3v) is 5.36. The largest absolute Gasteiger partial charge is 0.472 e. The monoisotopic (exact) mass is 405 g/mol.